The van der Waals surface area contributed by atoms with Crippen LogP contribution in [0.4, 0.5) is 29.2 Å². The molecule has 7 rings (SSSR count). The number of amides is 2. The molecule has 17 heteroatoms. The Balaban J connectivity index is 1.43. The van der Waals surface area contributed by atoms with Gasteiger partial charge in [0, 0.05) is 34.3 Å². The number of nitrogens with one attached hydrogen (secondary N) is 1. The number of likely N-dealkylation sites (tertiary alicyclic amines) is 1. The van der Waals surface area contributed by atoms with E-state index < -0.39 is 50.0 Å². The Hall–Kier alpha value is -4.66. The van der Waals surface area contributed by atoms with Crippen LogP contribution in [0.5, 0.6) is 0 Å². The Morgan fingerprint density at radius 3 is 2.30 bits per heavy atom. The molecule has 3 aliphatic rings. The number of aromatic nitrogens is 2. The molecule has 0 aliphatic carbocycles. The van der Waals surface area contributed by atoms with Crippen molar-refractivity contribution < 1.29 is 41.0 Å². The molecule has 2 amide bonds. The van der Waals surface area contributed by atoms with Gasteiger partial charge >= 0.3 is 12.2 Å². The van der Waals surface area contributed by atoms with Crippen LogP contribution in [-0.2, 0) is 37.3 Å². The predicted molar refractivity (Wildman–Crippen MR) is 194 cm³/mol. The second-order valence-electron chi connectivity index (χ2n) is 15.3. The Morgan fingerprint density at radius 1 is 1.02 bits per heavy atom. The van der Waals surface area contributed by atoms with Crippen LogP contribution in [0.1, 0.15) is 71.6 Å². The summed E-state index contributed by atoms with van der Waals surface area (Å²) >= 11 is 1.000. The zero-order chi connectivity index (χ0) is 38.4. The van der Waals surface area contributed by atoms with E-state index in [-0.39, 0.29) is 87.9 Å². The Bertz CT molecular complexity index is 2370. The third kappa shape index (κ3) is 6.40. The number of carbonyl (C=O) groups is 2. The van der Waals surface area contributed by atoms with E-state index >= 15 is 8.78 Å². The SMILES string of the molecule is CCS(=O)(=O)c1nc(N2C3CC2CN(C(=O)OC(C)(C)C)C3)c2c3c(c(-c4c(F)ccc5sc(NC(=O)OC(C)(C)C)c(C#N)c45)c(F)c2n1)COC3. The van der Waals surface area contributed by atoms with Crippen LogP contribution < -0.4 is 10.2 Å². The first-order valence-corrected chi connectivity index (χ1v) is 19.6. The number of piperidine rings is 1. The highest BCUT2D eigenvalue weighted by molar-refractivity contribution is 7.91. The molecule has 0 spiro atoms. The van der Waals surface area contributed by atoms with E-state index in [0.717, 1.165) is 17.4 Å². The molecule has 2 aromatic carbocycles. The van der Waals surface area contributed by atoms with E-state index in [9.17, 15) is 23.3 Å². The maximum Gasteiger partial charge on any atom is 0.412 e. The normalized spacial score (nSPS) is 18.5. The summed E-state index contributed by atoms with van der Waals surface area (Å²) in [4.78, 5) is 38.0. The molecule has 53 heavy (non-hydrogen) atoms. The molecular weight excluding hydrogens is 731 g/mol. The summed E-state index contributed by atoms with van der Waals surface area (Å²) in [5, 5.41) is 12.7. The van der Waals surface area contributed by atoms with Gasteiger partial charge in [-0.1, -0.05) is 6.92 Å². The van der Waals surface area contributed by atoms with E-state index in [1.165, 1.54) is 13.0 Å². The summed E-state index contributed by atoms with van der Waals surface area (Å²) in [5.41, 5.74) is -1.69. The number of fused-ring (bicyclic) bond motifs is 6. The number of sulfone groups is 1. The summed E-state index contributed by atoms with van der Waals surface area (Å²) in [6, 6.07) is 4.08. The second kappa shape index (κ2) is 12.7. The van der Waals surface area contributed by atoms with Gasteiger partial charge in [0.1, 0.15) is 39.4 Å². The van der Waals surface area contributed by atoms with Crippen LogP contribution in [0.2, 0.25) is 0 Å². The topological polar surface area (TPSA) is 164 Å². The minimum atomic E-state index is -4.08. The van der Waals surface area contributed by atoms with Gasteiger partial charge < -0.3 is 24.0 Å². The lowest BCUT2D eigenvalue weighted by molar-refractivity contribution is 0.00843. The van der Waals surface area contributed by atoms with Gasteiger partial charge in [-0.25, -0.2) is 36.8 Å². The molecule has 5 heterocycles. The first-order chi connectivity index (χ1) is 24.8. The molecule has 4 aromatic rings. The van der Waals surface area contributed by atoms with Crippen LogP contribution >= 0.6 is 11.3 Å². The smallest absolute Gasteiger partial charge is 0.412 e. The summed E-state index contributed by atoms with van der Waals surface area (Å²) < 4.78 is 77.5. The molecule has 3 aliphatic heterocycles. The highest BCUT2D eigenvalue weighted by atomic mass is 32.2. The van der Waals surface area contributed by atoms with Gasteiger partial charge in [-0.3, -0.25) is 5.32 Å². The molecule has 2 fully saturated rings. The van der Waals surface area contributed by atoms with Crippen molar-refractivity contribution in [2.45, 2.75) is 96.5 Å². The molecule has 280 valence electrons. The van der Waals surface area contributed by atoms with Gasteiger partial charge in [0.25, 0.3) is 0 Å². The number of carbonyl (C=O) groups excluding carboxylic acids is 2. The van der Waals surface area contributed by atoms with E-state index in [1.807, 2.05) is 11.0 Å². The summed E-state index contributed by atoms with van der Waals surface area (Å²) in [6.45, 7) is 12.2. The fourth-order valence-electron chi connectivity index (χ4n) is 7.14. The summed E-state index contributed by atoms with van der Waals surface area (Å²) in [7, 11) is -4.08. The number of benzene rings is 2. The zero-order valence-corrected chi connectivity index (χ0v) is 31.9. The molecule has 2 unspecified atom stereocenters. The average Bonchev–Trinajstić information content (AvgIpc) is 3.68. The number of nitrogens with zero attached hydrogens (tertiary/aromatic N) is 5. The van der Waals surface area contributed by atoms with Crippen molar-refractivity contribution in [3.05, 3.63) is 40.5 Å². The van der Waals surface area contributed by atoms with E-state index in [2.05, 4.69) is 15.3 Å². The van der Waals surface area contributed by atoms with Gasteiger partial charge in [0.05, 0.1) is 42.0 Å². The fourth-order valence-corrected chi connectivity index (χ4v) is 8.90. The largest absolute Gasteiger partial charge is 0.444 e. The monoisotopic (exact) mass is 768 g/mol. The maximum atomic E-state index is 17.4. The molecule has 2 bridgehead atoms. The van der Waals surface area contributed by atoms with Gasteiger partial charge in [-0.15, -0.1) is 11.3 Å². The van der Waals surface area contributed by atoms with E-state index in [1.54, 1.807) is 46.4 Å². The fraction of sp³-hybridized carbons (Fsp3) is 0.472. The van der Waals surface area contributed by atoms with Gasteiger partial charge in [0.2, 0.25) is 15.0 Å². The number of halogens is 2. The number of hydrogen-bond donors (Lipinski definition) is 1. The number of ether oxygens (including phenoxy) is 3. The highest BCUT2D eigenvalue weighted by Gasteiger charge is 2.49. The summed E-state index contributed by atoms with van der Waals surface area (Å²) in [6.07, 6.45) is -0.612. The molecule has 13 nitrogen and oxygen atoms in total. The Kier molecular flexibility index (Phi) is 8.82. The minimum absolute atomic E-state index is 0.0274. The van der Waals surface area contributed by atoms with Gasteiger partial charge in [-0.2, -0.15) is 5.26 Å². The quantitative estimate of drug-likeness (QED) is 0.207. The number of nitriles is 1. The lowest BCUT2D eigenvalue weighted by Gasteiger charge is -2.56. The third-order valence-electron chi connectivity index (χ3n) is 9.29. The van der Waals surface area contributed by atoms with Crippen LogP contribution in [0.25, 0.3) is 32.1 Å². The highest BCUT2D eigenvalue weighted by Crippen LogP contribution is 2.49. The lowest BCUT2D eigenvalue weighted by Crippen LogP contribution is -2.70. The molecule has 2 aromatic heterocycles. The first kappa shape index (κ1) is 36.7. The number of thiophene rings is 1. The molecule has 2 saturated heterocycles. The standard InChI is InChI=1S/C36H38F2N6O7S2/c1-8-53(47,48)32-40-29-26(30(41-32)44-17-11-18(44)14-43(13-17)34(46)51-36(5,6)7)21-16-49-15-20(21)25(28(29)38)27-22(37)9-10-23-24(27)19(12-39)31(52-23)42-33(45)50-35(2,3)4/h9-10,17-18H,8,11,13-16H2,1-7H3,(H,42,45). The lowest BCUT2D eigenvalue weighted by atomic mass is 9.86. The molecule has 2 atom stereocenters. The molecular formula is C36H38F2N6O7S2. The second-order valence-corrected chi connectivity index (χ2v) is 18.5. The average molecular weight is 769 g/mol. The van der Waals surface area contributed by atoms with Crippen molar-refractivity contribution >= 4 is 65.2 Å². The number of rotatable bonds is 5. The Labute approximate surface area is 308 Å². The summed E-state index contributed by atoms with van der Waals surface area (Å²) in [5.74, 6) is -2.03. The maximum absolute atomic E-state index is 17.4. The van der Waals surface area contributed by atoms with Crippen molar-refractivity contribution in [2.75, 3.05) is 29.1 Å². The molecule has 0 saturated carbocycles. The third-order valence-corrected chi connectivity index (χ3v) is 11.9. The molecule has 1 N–H and O–H groups in total. The number of anilines is 2. The van der Waals surface area contributed by atoms with Gasteiger partial charge in [-0.05, 0) is 71.2 Å². The number of hydrogen-bond acceptors (Lipinski definition) is 12. The van der Waals surface area contributed by atoms with Crippen LogP contribution in [0.3, 0.4) is 0 Å². The van der Waals surface area contributed by atoms with Crippen molar-refractivity contribution in [1.29, 1.82) is 5.26 Å². The van der Waals surface area contributed by atoms with Gasteiger partial charge in [0.15, 0.2) is 5.82 Å². The zero-order valence-electron chi connectivity index (χ0n) is 30.2. The first-order valence-electron chi connectivity index (χ1n) is 17.1. The predicted octanol–water partition coefficient (Wildman–Crippen LogP) is 7.03. The van der Waals surface area contributed by atoms with Crippen molar-refractivity contribution in [2.24, 2.45) is 0 Å². The van der Waals surface area contributed by atoms with Crippen molar-refractivity contribution in [3.8, 4) is 17.2 Å². The van der Waals surface area contributed by atoms with Crippen LogP contribution in [0.15, 0.2) is 17.3 Å². The van der Waals surface area contributed by atoms with E-state index in [4.69, 9.17) is 14.2 Å². The van der Waals surface area contributed by atoms with E-state index in [0.29, 0.717) is 22.2 Å². The van der Waals surface area contributed by atoms with Crippen LogP contribution in [0, 0.1) is 23.0 Å². The van der Waals surface area contributed by atoms with Crippen molar-refractivity contribution in [1.82, 2.24) is 14.9 Å². The molecule has 0 radical (unpaired) electrons. The van der Waals surface area contributed by atoms with Crippen molar-refractivity contribution in [3.63, 3.8) is 0 Å². The van der Waals surface area contributed by atoms with Crippen LogP contribution in [-0.4, -0.2) is 77.6 Å². The Morgan fingerprint density at radius 2 is 1.68 bits per heavy atom. The minimum Gasteiger partial charge on any atom is -0.444 e. The number of piperazine rings is 1.